The molecule has 0 saturated carbocycles. The molecule has 2 rings (SSSR count). The molecule has 1 fully saturated rings. The van der Waals surface area contributed by atoms with Crippen molar-refractivity contribution >= 4 is 21.9 Å². The van der Waals surface area contributed by atoms with Gasteiger partial charge in [0.25, 0.3) is 0 Å². The minimum absolute atomic E-state index is 0.283. The van der Waals surface area contributed by atoms with Crippen LogP contribution in [0.25, 0.3) is 0 Å². The molecule has 1 saturated heterocycles. The lowest BCUT2D eigenvalue weighted by molar-refractivity contribution is -0.153. The minimum atomic E-state index is -0.471. The molecule has 0 bridgehead atoms. The molecule has 4 nitrogen and oxygen atoms in total. The number of benzene rings is 1. The third-order valence-corrected chi connectivity index (χ3v) is 3.59. The van der Waals surface area contributed by atoms with Crippen molar-refractivity contribution in [2.24, 2.45) is 0 Å². The SMILES string of the molecule is COC(=O)C1COCCN1Cc1ccc(Br)cc1F. The van der Waals surface area contributed by atoms with Gasteiger partial charge >= 0.3 is 5.97 Å². The zero-order valence-corrected chi connectivity index (χ0v) is 12.2. The van der Waals surface area contributed by atoms with E-state index >= 15 is 0 Å². The van der Waals surface area contributed by atoms with Crippen LogP contribution in [0.15, 0.2) is 22.7 Å². The summed E-state index contributed by atoms with van der Waals surface area (Å²) in [6, 6.07) is 4.44. The van der Waals surface area contributed by atoms with Crippen molar-refractivity contribution in [2.45, 2.75) is 12.6 Å². The number of carbonyl (C=O) groups excluding carboxylic acids is 1. The lowest BCUT2D eigenvalue weighted by atomic mass is 10.1. The number of rotatable bonds is 3. The molecule has 1 aliphatic heterocycles. The molecule has 0 spiro atoms. The Balaban J connectivity index is 2.13. The fourth-order valence-electron chi connectivity index (χ4n) is 2.05. The van der Waals surface area contributed by atoms with Crippen molar-refractivity contribution in [1.29, 1.82) is 0 Å². The fraction of sp³-hybridized carbons (Fsp3) is 0.462. The van der Waals surface area contributed by atoms with Gasteiger partial charge in [0.1, 0.15) is 11.9 Å². The van der Waals surface area contributed by atoms with Crippen LogP contribution in [0, 0.1) is 5.82 Å². The summed E-state index contributed by atoms with van der Waals surface area (Å²) < 4.78 is 24.5. The van der Waals surface area contributed by atoms with Crippen LogP contribution in [0.2, 0.25) is 0 Å². The average Bonchev–Trinajstić information content (AvgIpc) is 2.41. The Labute approximate surface area is 119 Å². The predicted molar refractivity (Wildman–Crippen MR) is 71.1 cm³/mol. The van der Waals surface area contributed by atoms with E-state index in [0.717, 1.165) is 0 Å². The molecule has 0 aliphatic carbocycles. The number of halogens is 2. The highest BCUT2D eigenvalue weighted by atomic mass is 79.9. The number of ether oxygens (including phenoxy) is 2. The lowest BCUT2D eigenvalue weighted by Gasteiger charge is -2.33. The number of hydrogen-bond donors (Lipinski definition) is 0. The topological polar surface area (TPSA) is 38.8 Å². The highest BCUT2D eigenvalue weighted by molar-refractivity contribution is 9.10. The van der Waals surface area contributed by atoms with Crippen LogP contribution < -0.4 is 0 Å². The molecule has 1 aromatic carbocycles. The van der Waals surface area contributed by atoms with E-state index in [-0.39, 0.29) is 18.4 Å². The van der Waals surface area contributed by atoms with E-state index in [2.05, 4.69) is 15.9 Å². The van der Waals surface area contributed by atoms with Gasteiger partial charge in [-0.05, 0) is 12.1 Å². The second-order valence-corrected chi connectivity index (χ2v) is 5.24. The summed E-state index contributed by atoms with van der Waals surface area (Å²) in [5.74, 6) is -0.637. The van der Waals surface area contributed by atoms with Gasteiger partial charge < -0.3 is 9.47 Å². The number of hydrogen-bond acceptors (Lipinski definition) is 4. The molecule has 104 valence electrons. The van der Waals surface area contributed by atoms with Gasteiger partial charge in [0.15, 0.2) is 0 Å². The second-order valence-electron chi connectivity index (χ2n) is 4.32. The normalized spacial score (nSPS) is 20.3. The lowest BCUT2D eigenvalue weighted by Crippen LogP contribution is -2.49. The maximum absolute atomic E-state index is 13.8. The van der Waals surface area contributed by atoms with Crippen molar-refractivity contribution < 1.29 is 18.7 Å². The van der Waals surface area contributed by atoms with E-state index in [1.807, 2.05) is 4.90 Å². The zero-order chi connectivity index (χ0) is 13.8. The Morgan fingerprint density at radius 3 is 3.11 bits per heavy atom. The number of nitrogens with zero attached hydrogens (tertiary/aromatic N) is 1. The Morgan fingerprint density at radius 2 is 2.42 bits per heavy atom. The van der Waals surface area contributed by atoms with Crippen LogP contribution >= 0.6 is 15.9 Å². The van der Waals surface area contributed by atoms with E-state index in [1.165, 1.54) is 13.2 Å². The van der Waals surface area contributed by atoms with E-state index in [0.29, 0.717) is 29.7 Å². The van der Waals surface area contributed by atoms with Gasteiger partial charge in [-0.1, -0.05) is 22.0 Å². The van der Waals surface area contributed by atoms with Crippen LogP contribution in [0.4, 0.5) is 4.39 Å². The Kier molecular flexibility index (Phi) is 4.90. The molecule has 0 aromatic heterocycles. The zero-order valence-electron chi connectivity index (χ0n) is 10.6. The molecule has 0 N–H and O–H groups in total. The molecule has 6 heteroatoms. The number of carbonyl (C=O) groups is 1. The highest BCUT2D eigenvalue weighted by Crippen LogP contribution is 2.19. The third kappa shape index (κ3) is 3.52. The molecule has 19 heavy (non-hydrogen) atoms. The van der Waals surface area contributed by atoms with E-state index < -0.39 is 6.04 Å². The first-order valence-electron chi connectivity index (χ1n) is 5.95. The monoisotopic (exact) mass is 331 g/mol. The van der Waals surface area contributed by atoms with E-state index in [9.17, 15) is 9.18 Å². The van der Waals surface area contributed by atoms with Crippen molar-refractivity contribution in [3.8, 4) is 0 Å². The Morgan fingerprint density at radius 1 is 1.63 bits per heavy atom. The summed E-state index contributed by atoms with van der Waals surface area (Å²) >= 11 is 3.22. The first-order valence-corrected chi connectivity index (χ1v) is 6.74. The molecule has 1 unspecified atom stereocenters. The standard InChI is InChI=1S/C13H15BrFNO3/c1-18-13(17)12-8-19-5-4-16(12)7-9-2-3-10(14)6-11(9)15/h2-3,6,12H,4-5,7-8H2,1H3. The van der Waals surface area contributed by atoms with Gasteiger partial charge in [0.2, 0.25) is 0 Å². The van der Waals surface area contributed by atoms with Gasteiger partial charge in [-0.15, -0.1) is 0 Å². The van der Waals surface area contributed by atoms with Gasteiger partial charge in [0.05, 0.1) is 20.3 Å². The maximum Gasteiger partial charge on any atom is 0.325 e. The summed E-state index contributed by atoms with van der Waals surface area (Å²) in [4.78, 5) is 13.5. The smallest absolute Gasteiger partial charge is 0.325 e. The van der Waals surface area contributed by atoms with Crippen molar-refractivity contribution in [3.63, 3.8) is 0 Å². The number of methoxy groups -OCH3 is 1. The van der Waals surface area contributed by atoms with Crippen molar-refractivity contribution in [3.05, 3.63) is 34.1 Å². The number of morpholine rings is 1. The quantitative estimate of drug-likeness (QED) is 0.794. The molecular weight excluding hydrogens is 317 g/mol. The Bertz CT molecular complexity index is 469. The van der Waals surface area contributed by atoms with Crippen LogP contribution in [0.1, 0.15) is 5.56 Å². The van der Waals surface area contributed by atoms with E-state index in [1.54, 1.807) is 12.1 Å². The fourth-order valence-corrected chi connectivity index (χ4v) is 2.38. The van der Waals surface area contributed by atoms with Gasteiger partial charge in [-0.25, -0.2) is 4.39 Å². The largest absolute Gasteiger partial charge is 0.468 e. The highest BCUT2D eigenvalue weighted by Gasteiger charge is 2.30. The van der Waals surface area contributed by atoms with Crippen molar-refractivity contribution in [2.75, 3.05) is 26.9 Å². The predicted octanol–water partition coefficient (Wildman–Crippen LogP) is 1.96. The first kappa shape index (κ1) is 14.4. The van der Waals surface area contributed by atoms with Crippen LogP contribution in [-0.4, -0.2) is 43.8 Å². The summed E-state index contributed by atoms with van der Waals surface area (Å²) in [7, 11) is 1.34. The molecule has 1 heterocycles. The number of esters is 1. The van der Waals surface area contributed by atoms with Crippen LogP contribution in [0.5, 0.6) is 0 Å². The molecule has 1 aliphatic rings. The first-order chi connectivity index (χ1) is 9.11. The van der Waals surface area contributed by atoms with Gasteiger partial charge in [-0.2, -0.15) is 0 Å². The van der Waals surface area contributed by atoms with Crippen LogP contribution in [-0.2, 0) is 20.8 Å². The summed E-state index contributed by atoms with van der Waals surface area (Å²) in [6.07, 6.45) is 0. The molecule has 0 radical (unpaired) electrons. The average molecular weight is 332 g/mol. The Hall–Kier alpha value is -0.980. The molecule has 1 atom stereocenters. The van der Waals surface area contributed by atoms with E-state index in [4.69, 9.17) is 9.47 Å². The third-order valence-electron chi connectivity index (χ3n) is 3.10. The summed E-state index contributed by atoms with van der Waals surface area (Å²) in [5, 5.41) is 0. The van der Waals surface area contributed by atoms with Gasteiger partial charge in [-0.3, -0.25) is 9.69 Å². The minimum Gasteiger partial charge on any atom is -0.468 e. The second kappa shape index (κ2) is 6.45. The van der Waals surface area contributed by atoms with Gasteiger partial charge in [0, 0.05) is 23.1 Å². The maximum atomic E-state index is 13.8. The summed E-state index contributed by atoms with van der Waals surface area (Å²) in [5.41, 5.74) is 0.555. The molecule has 1 aromatic rings. The molecule has 0 amide bonds. The van der Waals surface area contributed by atoms with Crippen molar-refractivity contribution in [1.82, 2.24) is 4.90 Å². The van der Waals surface area contributed by atoms with Crippen LogP contribution in [0.3, 0.4) is 0 Å². The molecular formula is C13H15BrFNO3. The summed E-state index contributed by atoms with van der Waals surface area (Å²) in [6.45, 7) is 1.76.